The molecule has 0 aliphatic heterocycles. The first kappa shape index (κ1) is 38.3. The van der Waals surface area contributed by atoms with E-state index in [1.54, 1.807) is 30.3 Å². The number of nitrogens with one attached hydrogen (secondary N) is 3. The molecule has 0 fully saturated rings. The van der Waals surface area contributed by atoms with Gasteiger partial charge in [-0.2, -0.15) is 15.0 Å². The maximum atomic E-state index is 13.6. The number of carbonyl (C=O) groups excluding carboxylic acids is 2. The van der Waals surface area contributed by atoms with Crippen LogP contribution >= 0.6 is 11.6 Å². The summed E-state index contributed by atoms with van der Waals surface area (Å²) in [4.78, 5) is 37.2. The topological polar surface area (TPSA) is 249 Å². The van der Waals surface area contributed by atoms with E-state index in [4.69, 9.17) is 17.3 Å². The Labute approximate surface area is 328 Å². The van der Waals surface area contributed by atoms with E-state index in [1.807, 2.05) is 0 Å². The molecule has 1 aromatic heterocycles. The predicted molar refractivity (Wildman–Crippen MR) is 168 cm³/mol. The van der Waals surface area contributed by atoms with Gasteiger partial charge in [0, 0.05) is 22.5 Å². The second kappa shape index (κ2) is 14.8. The number of anilines is 7. The maximum Gasteiger partial charge on any atom is 1.00 e. The van der Waals surface area contributed by atoms with E-state index < -0.39 is 52.8 Å². The Morgan fingerprint density at radius 2 is 1.16 bits per heavy atom. The summed E-state index contributed by atoms with van der Waals surface area (Å²) in [6.45, 7) is 0. The van der Waals surface area contributed by atoms with Gasteiger partial charge >= 0.3 is 59.1 Å². The molecule has 15 nitrogen and oxygen atoms in total. The van der Waals surface area contributed by atoms with E-state index in [-0.39, 0.29) is 110 Å². The summed E-state index contributed by atoms with van der Waals surface area (Å²) >= 11 is 6.04. The molecule has 49 heavy (non-hydrogen) atoms. The number of carbonyl (C=O) groups is 2. The fourth-order valence-electron chi connectivity index (χ4n) is 4.90. The van der Waals surface area contributed by atoms with Gasteiger partial charge in [0.2, 0.25) is 17.2 Å². The van der Waals surface area contributed by atoms with Gasteiger partial charge in [-0.15, -0.1) is 0 Å². The van der Waals surface area contributed by atoms with Gasteiger partial charge in [-0.3, -0.25) is 9.59 Å². The van der Waals surface area contributed by atoms with Gasteiger partial charge in [0.15, 0.2) is 11.6 Å². The van der Waals surface area contributed by atoms with Crippen LogP contribution in [-0.2, 0) is 20.2 Å². The molecule has 1 aliphatic carbocycles. The van der Waals surface area contributed by atoms with Gasteiger partial charge < -0.3 is 30.8 Å². The summed E-state index contributed by atoms with van der Waals surface area (Å²) in [6.07, 6.45) is 0. The van der Waals surface area contributed by atoms with Crippen LogP contribution in [0, 0.1) is 0 Å². The van der Waals surface area contributed by atoms with Crippen LogP contribution in [0.1, 0.15) is 31.8 Å². The standard InChI is InChI=1S/C29H20ClN7O8S2.2Na/c30-27-35-28(33-14-6-2-1-3-7-14)37-29(36-27)34-18-11-10-15(12-20(18)46(40,41)42)32-19-13-21(47(43,44)45)24(31)23-22(19)25(38)16-8-4-5-9-17(16)26(23)39;;/h1-13,32H,31H2,(H,40,41,42)(H,43,44,45)(H2,33,34,35,36,37);;/q;2*+1/p-2. The summed E-state index contributed by atoms with van der Waals surface area (Å²) < 4.78 is 73.4. The van der Waals surface area contributed by atoms with Crippen molar-refractivity contribution in [3.8, 4) is 0 Å². The summed E-state index contributed by atoms with van der Waals surface area (Å²) in [7, 11) is -10.5. The second-order valence-electron chi connectivity index (χ2n) is 9.90. The molecule has 0 saturated carbocycles. The minimum Gasteiger partial charge on any atom is -0.744 e. The molecule has 0 radical (unpaired) electrons. The van der Waals surface area contributed by atoms with Crippen molar-refractivity contribution in [1.29, 1.82) is 0 Å². The van der Waals surface area contributed by atoms with Gasteiger partial charge in [0.25, 0.3) is 0 Å². The predicted octanol–water partition coefficient (Wildman–Crippen LogP) is -2.07. The molecule has 6 rings (SSSR count). The number of hydrogen-bond donors (Lipinski definition) is 4. The van der Waals surface area contributed by atoms with Crippen molar-refractivity contribution in [1.82, 2.24) is 15.0 Å². The molecule has 238 valence electrons. The van der Waals surface area contributed by atoms with Gasteiger partial charge in [0.1, 0.15) is 20.2 Å². The molecule has 0 unspecified atom stereocenters. The van der Waals surface area contributed by atoms with Crippen LogP contribution in [0.3, 0.4) is 0 Å². The van der Waals surface area contributed by atoms with Crippen LogP contribution in [0.2, 0.25) is 5.28 Å². The molecule has 20 heteroatoms. The fourth-order valence-corrected chi connectivity index (χ4v) is 6.35. The van der Waals surface area contributed by atoms with Crippen molar-refractivity contribution in [2.75, 3.05) is 21.7 Å². The Kier molecular flexibility index (Phi) is 11.6. The number of aromatic nitrogens is 3. The zero-order valence-electron chi connectivity index (χ0n) is 25.4. The van der Waals surface area contributed by atoms with E-state index >= 15 is 0 Å². The van der Waals surface area contributed by atoms with Crippen molar-refractivity contribution in [2.45, 2.75) is 9.79 Å². The molecule has 5 aromatic rings. The number of nitrogens with two attached hydrogens (primary N) is 1. The number of nitrogens with zero attached hydrogens (tertiary/aromatic N) is 3. The molecule has 0 bridgehead atoms. The van der Waals surface area contributed by atoms with E-state index in [1.165, 1.54) is 30.3 Å². The number of nitrogen functional groups attached to an aromatic ring is 1. The van der Waals surface area contributed by atoms with Crippen molar-refractivity contribution >= 4 is 83.7 Å². The number of hydrogen-bond acceptors (Lipinski definition) is 15. The third-order valence-electron chi connectivity index (χ3n) is 6.88. The minimum absolute atomic E-state index is 0. The molecule has 5 N–H and O–H groups in total. The smallest absolute Gasteiger partial charge is 0.744 e. The Morgan fingerprint density at radius 3 is 1.76 bits per heavy atom. The molecule has 0 saturated heterocycles. The average molecular weight is 738 g/mol. The molecule has 0 amide bonds. The summed E-state index contributed by atoms with van der Waals surface area (Å²) in [5, 5.41) is 7.93. The van der Waals surface area contributed by atoms with Crippen LogP contribution in [-0.4, -0.2) is 52.5 Å². The molecule has 0 atom stereocenters. The minimum atomic E-state index is -5.27. The molecule has 4 aromatic carbocycles. The monoisotopic (exact) mass is 737 g/mol. The number of rotatable bonds is 8. The van der Waals surface area contributed by atoms with Crippen molar-refractivity contribution in [3.63, 3.8) is 0 Å². The molecular formula is C29H18ClN7Na2O8S2. The zero-order chi connectivity index (χ0) is 33.7. The summed E-state index contributed by atoms with van der Waals surface area (Å²) in [5.74, 6) is -1.75. The van der Waals surface area contributed by atoms with Crippen molar-refractivity contribution in [3.05, 3.63) is 106 Å². The van der Waals surface area contributed by atoms with E-state index in [2.05, 4.69) is 30.9 Å². The second-order valence-corrected chi connectivity index (χ2v) is 12.9. The van der Waals surface area contributed by atoms with Gasteiger partial charge in [-0.1, -0.05) is 42.5 Å². The number of para-hydroxylation sites is 1. The number of ketones is 2. The molecule has 0 spiro atoms. The number of fused-ring (bicyclic) bond motifs is 2. The van der Waals surface area contributed by atoms with Crippen LogP contribution in [0.25, 0.3) is 0 Å². The number of benzene rings is 4. The molecule has 1 aliphatic rings. The average Bonchev–Trinajstić information content (AvgIpc) is 3.00. The molecular weight excluding hydrogens is 720 g/mol. The SMILES string of the molecule is Nc1c(S(=O)(=O)[O-])cc(Nc2ccc(Nc3nc(Cl)nc(Nc4ccccc4)n3)c(S(=O)(=O)[O-])c2)c2c1C(=O)c1ccccc1C2=O.[Na+].[Na+]. The van der Waals surface area contributed by atoms with Crippen molar-refractivity contribution in [2.24, 2.45) is 0 Å². The van der Waals surface area contributed by atoms with Gasteiger partial charge in [0.05, 0.1) is 38.0 Å². The first-order chi connectivity index (χ1) is 22.2. The zero-order valence-corrected chi connectivity index (χ0v) is 31.8. The van der Waals surface area contributed by atoms with Crippen molar-refractivity contribution < 1.29 is 94.6 Å². The van der Waals surface area contributed by atoms with Gasteiger partial charge in [-0.25, -0.2) is 16.8 Å². The Morgan fingerprint density at radius 1 is 0.612 bits per heavy atom. The molecule has 1 heterocycles. The Bertz CT molecular complexity index is 2370. The quantitative estimate of drug-likeness (QED) is 0.0744. The normalized spacial score (nSPS) is 12.1. The largest absolute Gasteiger partial charge is 1.00 e. The summed E-state index contributed by atoms with van der Waals surface area (Å²) in [5.41, 5.74) is 4.14. The van der Waals surface area contributed by atoms with E-state index in [0.29, 0.717) is 5.69 Å². The van der Waals surface area contributed by atoms with Crippen LogP contribution in [0.5, 0.6) is 0 Å². The first-order valence-electron chi connectivity index (χ1n) is 13.2. The van der Waals surface area contributed by atoms with E-state index in [0.717, 1.165) is 18.2 Å². The maximum absolute atomic E-state index is 13.6. The first-order valence-corrected chi connectivity index (χ1v) is 16.4. The third-order valence-corrected chi connectivity index (χ3v) is 8.81. The van der Waals surface area contributed by atoms with Gasteiger partial charge in [-0.05, 0) is 48.0 Å². The summed E-state index contributed by atoms with van der Waals surface area (Å²) in [6, 6.07) is 18.6. The van der Waals surface area contributed by atoms with Crippen LogP contribution < -0.4 is 80.8 Å². The Hall–Kier alpha value is -3.46. The van der Waals surface area contributed by atoms with Crippen LogP contribution in [0.15, 0.2) is 88.7 Å². The third kappa shape index (κ3) is 7.97. The van der Waals surface area contributed by atoms with E-state index in [9.17, 15) is 35.5 Å². The van der Waals surface area contributed by atoms with Crippen LogP contribution in [0.4, 0.5) is 40.3 Å². The fraction of sp³-hybridized carbons (Fsp3) is 0. The number of halogens is 1. The Balaban J connectivity index is 0.00000270.